The molecule has 1 aliphatic heterocycles. The Kier molecular flexibility index (Phi) is 5.68. The topological polar surface area (TPSA) is 21.7 Å². The van der Waals surface area contributed by atoms with Crippen LogP contribution in [0.4, 0.5) is 0 Å². The molecular formula is C19H25NO2. The van der Waals surface area contributed by atoms with E-state index in [0.717, 1.165) is 18.9 Å². The van der Waals surface area contributed by atoms with E-state index in [1.165, 1.54) is 43.1 Å². The van der Waals surface area contributed by atoms with Crippen molar-refractivity contribution in [1.29, 1.82) is 0 Å². The average molecular weight is 299 g/mol. The summed E-state index contributed by atoms with van der Waals surface area (Å²) in [5.74, 6) is 0.915. The van der Waals surface area contributed by atoms with Crippen molar-refractivity contribution >= 4 is 10.8 Å². The van der Waals surface area contributed by atoms with Gasteiger partial charge >= 0.3 is 0 Å². The van der Waals surface area contributed by atoms with Crippen LogP contribution in [-0.4, -0.2) is 44.4 Å². The van der Waals surface area contributed by atoms with Crippen molar-refractivity contribution in [3.05, 3.63) is 42.5 Å². The summed E-state index contributed by atoms with van der Waals surface area (Å²) in [5.41, 5.74) is 0. The molecule has 2 aromatic rings. The van der Waals surface area contributed by atoms with Gasteiger partial charge in [0.05, 0.1) is 13.2 Å². The molecule has 1 aliphatic rings. The number of hydrogen-bond acceptors (Lipinski definition) is 3. The Hall–Kier alpha value is -1.58. The van der Waals surface area contributed by atoms with Crippen LogP contribution in [0.25, 0.3) is 10.8 Å². The van der Waals surface area contributed by atoms with E-state index in [-0.39, 0.29) is 0 Å². The number of benzene rings is 2. The largest absolute Gasteiger partial charge is 0.491 e. The van der Waals surface area contributed by atoms with Gasteiger partial charge in [-0.3, -0.25) is 0 Å². The smallest absolute Gasteiger partial charge is 0.120 e. The first kappa shape index (κ1) is 15.3. The fourth-order valence-electron chi connectivity index (χ4n) is 2.95. The Bertz CT molecular complexity index is 578. The summed E-state index contributed by atoms with van der Waals surface area (Å²) in [5, 5.41) is 2.46. The Morgan fingerprint density at radius 1 is 0.818 bits per heavy atom. The molecular weight excluding hydrogens is 274 g/mol. The molecule has 0 spiro atoms. The molecule has 3 rings (SSSR count). The van der Waals surface area contributed by atoms with Crippen molar-refractivity contribution in [2.75, 3.05) is 39.5 Å². The van der Waals surface area contributed by atoms with Gasteiger partial charge in [-0.15, -0.1) is 0 Å². The third-order valence-electron chi connectivity index (χ3n) is 4.22. The standard InChI is InChI=1S/C19H25NO2/c1-4-10-20(11-5-1)12-13-21-14-15-22-19-9-8-17-6-2-3-7-18(17)16-19/h2-3,6-9,16H,1,4-5,10-15H2. The molecule has 2 aromatic carbocycles. The number of ether oxygens (including phenoxy) is 2. The lowest BCUT2D eigenvalue weighted by molar-refractivity contribution is 0.0751. The van der Waals surface area contributed by atoms with Crippen LogP contribution >= 0.6 is 0 Å². The summed E-state index contributed by atoms with van der Waals surface area (Å²) >= 11 is 0. The Balaban J connectivity index is 1.33. The van der Waals surface area contributed by atoms with Gasteiger partial charge in [-0.05, 0) is 48.8 Å². The van der Waals surface area contributed by atoms with Crippen LogP contribution in [0.3, 0.4) is 0 Å². The minimum atomic E-state index is 0.609. The molecule has 1 saturated heterocycles. The minimum absolute atomic E-state index is 0.609. The molecule has 0 atom stereocenters. The Labute approximate surface area is 132 Å². The second-order valence-electron chi connectivity index (χ2n) is 5.87. The maximum Gasteiger partial charge on any atom is 0.120 e. The van der Waals surface area contributed by atoms with Crippen LogP contribution in [0.2, 0.25) is 0 Å². The van der Waals surface area contributed by atoms with Crippen LogP contribution in [0.5, 0.6) is 5.75 Å². The van der Waals surface area contributed by atoms with Crippen molar-refractivity contribution in [3.8, 4) is 5.75 Å². The van der Waals surface area contributed by atoms with Crippen molar-refractivity contribution in [2.45, 2.75) is 19.3 Å². The summed E-state index contributed by atoms with van der Waals surface area (Å²) in [4.78, 5) is 2.49. The zero-order valence-electron chi connectivity index (χ0n) is 13.2. The normalized spacial score (nSPS) is 16.0. The fraction of sp³-hybridized carbons (Fsp3) is 0.474. The molecule has 1 heterocycles. The van der Waals surface area contributed by atoms with Crippen LogP contribution in [0, 0.1) is 0 Å². The monoisotopic (exact) mass is 299 g/mol. The summed E-state index contributed by atoms with van der Waals surface area (Å²) in [7, 11) is 0. The van der Waals surface area contributed by atoms with Gasteiger partial charge in [0.1, 0.15) is 12.4 Å². The Morgan fingerprint density at radius 3 is 2.50 bits per heavy atom. The summed E-state index contributed by atoms with van der Waals surface area (Å²) in [6.07, 6.45) is 4.06. The minimum Gasteiger partial charge on any atom is -0.491 e. The highest BCUT2D eigenvalue weighted by Gasteiger charge is 2.08. The number of rotatable bonds is 7. The molecule has 22 heavy (non-hydrogen) atoms. The molecule has 0 aromatic heterocycles. The van der Waals surface area contributed by atoms with Gasteiger partial charge in [0.2, 0.25) is 0 Å². The molecule has 3 heteroatoms. The molecule has 3 nitrogen and oxygen atoms in total. The molecule has 1 fully saturated rings. The first-order chi connectivity index (χ1) is 10.9. The van der Waals surface area contributed by atoms with Crippen LogP contribution < -0.4 is 4.74 Å². The zero-order valence-corrected chi connectivity index (χ0v) is 13.2. The number of hydrogen-bond donors (Lipinski definition) is 0. The molecule has 0 saturated carbocycles. The molecule has 0 bridgehead atoms. The lowest BCUT2D eigenvalue weighted by atomic mass is 10.1. The van der Waals surface area contributed by atoms with Gasteiger partial charge < -0.3 is 14.4 Å². The lowest BCUT2D eigenvalue weighted by Crippen LogP contribution is -2.32. The van der Waals surface area contributed by atoms with E-state index < -0.39 is 0 Å². The highest BCUT2D eigenvalue weighted by molar-refractivity contribution is 5.83. The van der Waals surface area contributed by atoms with Gasteiger partial charge in [0, 0.05) is 6.54 Å². The van der Waals surface area contributed by atoms with Gasteiger partial charge in [-0.1, -0.05) is 36.8 Å². The number of likely N-dealkylation sites (tertiary alicyclic amines) is 1. The van der Waals surface area contributed by atoms with Gasteiger partial charge in [0.25, 0.3) is 0 Å². The van der Waals surface area contributed by atoms with E-state index in [1.807, 2.05) is 6.07 Å². The predicted molar refractivity (Wildman–Crippen MR) is 90.6 cm³/mol. The van der Waals surface area contributed by atoms with E-state index in [4.69, 9.17) is 9.47 Å². The van der Waals surface area contributed by atoms with Crippen LogP contribution in [0.1, 0.15) is 19.3 Å². The molecule has 118 valence electrons. The molecule has 0 radical (unpaired) electrons. The SMILES string of the molecule is c1ccc2cc(OCCOCCN3CCCCC3)ccc2c1. The van der Waals surface area contributed by atoms with Crippen molar-refractivity contribution in [2.24, 2.45) is 0 Å². The zero-order chi connectivity index (χ0) is 15.0. The van der Waals surface area contributed by atoms with E-state index in [9.17, 15) is 0 Å². The second-order valence-corrected chi connectivity index (χ2v) is 5.87. The maximum atomic E-state index is 5.77. The summed E-state index contributed by atoms with van der Waals surface area (Å²) in [6, 6.07) is 14.5. The summed E-state index contributed by atoms with van der Waals surface area (Å²) < 4.78 is 11.4. The number of fused-ring (bicyclic) bond motifs is 1. The third kappa shape index (κ3) is 4.46. The van der Waals surface area contributed by atoms with Crippen molar-refractivity contribution in [3.63, 3.8) is 0 Å². The Morgan fingerprint density at radius 2 is 1.64 bits per heavy atom. The lowest BCUT2D eigenvalue weighted by Gasteiger charge is -2.26. The molecule has 0 N–H and O–H groups in total. The second kappa shape index (κ2) is 8.16. The van der Waals surface area contributed by atoms with E-state index in [2.05, 4.69) is 41.3 Å². The van der Waals surface area contributed by atoms with Crippen molar-refractivity contribution in [1.82, 2.24) is 4.90 Å². The first-order valence-corrected chi connectivity index (χ1v) is 8.33. The highest BCUT2D eigenvalue weighted by Crippen LogP contribution is 2.20. The quantitative estimate of drug-likeness (QED) is 0.727. The molecule has 0 aliphatic carbocycles. The fourth-order valence-corrected chi connectivity index (χ4v) is 2.95. The van der Waals surface area contributed by atoms with Crippen LogP contribution in [-0.2, 0) is 4.74 Å². The van der Waals surface area contributed by atoms with E-state index in [1.54, 1.807) is 0 Å². The number of nitrogens with zero attached hydrogens (tertiary/aromatic N) is 1. The predicted octanol–water partition coefficient (Wildman–Crippen LogP) is 3.72. The average Bonchev–Trinajstić information content (AvgIpc) is 2.59. The molecule has 0 unspecified atom stereocenters. The maximum absolute atomic E-state index is 5.77. The third-order valence-corrected chi connectivity index (χ3v) is 4.22. The summed E-state index contributed by atoms with van der Waals surface area (Å²) in [6.45, 7) is 5.59. The van der Waals surface area contributed by atoms with Gasteiger partial charge in [-0.25, -0.2) is 0 Å². The molecule has 0 amide bonds. The van der Waals surface area contributed by atoms with Crippen molar-refractivity contribution < 1.29 is 9.47 Å². The highest BCUT2D eigenvalue weighted by atomic mass is 16.5. The van der Waals surface area contributed by atoms with Crippen LogP contribution in [0.15, 0.2) is 42.5 Å². The number of piperidine rings is 1. The van der Waals surface area contributed by atoms with Gasteiger partial charge in [0.15, 0.2) is 0 Å². The van der Waals surface area contributed by atoms with E-state index >= 15 is 0 Å². The first-order valence-electron chi connectivity index (χ1n) is 8.33. The van der Waals surface area contributed by atoms with Gasteiger partial charge in [-0.2, -0.15) is 0 Å². The van der Waals surface area contributed by atoms with E-state index in [0.29, 0.717) is 13.2 Å².